The fraction of sp³-hybridized carbons (Fsp3) is 0.400. The van der Waals surface area contributed by atoms with E-state index in [1.54, 1.807) is 6.20 Å². The average molecular weight is 357 g/mol. The number of carboxylic acids is 1. The van der Waals surface area contributed by atoms with Crippen LogP contribution in [0.2, 0.25) is 0 Å². The van der Waals surface area contributed by atoms with Crippen LogP contribution in [0.5, 0.6) is 0 Å². The second kappa shape index (κ2) is 11.1. The molecule has 140 valence electrons. The number of nitrogens with one attached hydrogen (secondary N) is 2. The van der Waals surface area contributed by atoms with Gasteiger partial charge in [-0.1, -0.05) is 24.3 Å². The van der Waals surface area contributed by atoms with Gasteiger partial charge in [0.2, 0.25) is 0 Å². The van der Waals surface area contributed by atoms with E-state index in [1.807, 2.05) is 43.4 Å². The Kier molecular flexibility index (Phi) is 8.42. The predicted octanol–water partition coefficient (Wildman–Crippen LogP) is 3.20. The number of benzene rings is 1. The van der Waals surface area contributed by atoms with E-state index < -0.39 is 5.97 Å². The highest BCUT2D eigenvalue weighted by atomic mass is 16.5. The van der Waals surface area contributed by atoms with Crippen LogP contribution in [0.4, 0.5) is 11.5 Å². The minimum Gasteiger partial charge on any atom is -0.481 e. The van der Waals surface area contributed by atoms with Crippen molar-refractivity contribution in [3.8, 4) is 0 Å². The Morgan fingerprint density at radius 1 is 1.15 bits per heavy atom. The number of aliphatic carboxylic acids is 1. The number of nitrogens with zero attached hydrogens (tertiary/aromatic N) is 1. The normalized spacial score (nSPS) is 10.5. The van der Waals surface area contributed by atoms with E-state index in [1.165, 1.54) is 0 Å². The molecule has 0 aliphatic carbocycles. The highest BCUT2D eigenvalue weighted by Crippen LogP contribution is 2.16. The molecule has 26 heavy (non-hydrogen) atoms. The quantitative estimate of drug-likeness (QED) is 0.506. The van der Waals surface area contributed by atoms with Crippen molar-refractivity contribution in [2.75, 3.05) is 37.4 Å². The van der Waals surface area contributed by atoms with Gasteiger partial charge in [-0.2, -0.15) is 0 Å². The average Bonchev–Trinajstić information content (AvgIpc) is 2.64. The summed E-state index contributed by atoms with van der Waals surface area (Å²) < 4.78 is 5.69. The molecule has 2 rings (SSSR count). The van der Waals surface area contributed by atoms with Crippen LogP contribution >= 0.6 is 0 Å². The summed E-state index contributed by atoms with van der Waals surface area (Å²) in [4.78, 5) is 15.0. The minimum atomic E-state index is -0.805. The summed E-state index contributed by atoms with van der Waals surface area (Å²) in [6.45, 7) is 2.25. The Hall–Kier alpha value is -2.60. The van der Waals surface area contributed by atoms with E-state index >= 15 is 0 Å². The van der Waals surface area contributed by atoms with Crippen molar-refractivity contribution in [1.82, 2.24) is 4.98 Å². The van der Waals surface area contributed by atoms with Gasteiger partial charge in [0.05, 0.1) is 18.7 Å². The third kappa shape index (κ3) is 7.11. The molecule has 1 heterocycles. The van der Waals surface area contributed by atoms with Crippen molar-refractivity contribution in [3.05, 3.63) is 53.7 Å². The summed E-state index contributed by atoms with van der Waals surface area (Å²) >= 11 is 0. The molecule has 0 fully saturated rings. The zero-order valence-electron chi connectivity index (χ0n) is 15.2. The van der Waals surface area contributed by atoms with Gasteiger partial charge in [0.15, 0.2) is 0 Å². The molecule has 0 bridgehead atoms. The minimum absolute atomic E-state index is 0.0634. The highest BCUT2D eigenvalue weighted by Gasteiger charge is 2.02. The lowest BCUT2D eigenvalue weighted by atomic mass is 10.1. The Morgan fingerprint density at radius 2 is 2.00 bits per heavy atom. The van der Waals surface area contributed by atoms with E-state index in [2.05, 4.69) is 15.6 Å². The smallest absolute Gasteiger partial charge is 0.307 e. The van der Waals surface area contributed by atoms with Gasteiger partial charge < -0.3 is 20.5 Å². The van der Waals surface area contributed by atoms with Crippen molar-refractivity contribution in [3.63, 3.8) is 0 Å². The van der Waals surface area contributed by atoms with E-state index in [4.69, 9.17) is 9.84 Å². The monoisotopic (exact) mass is 357 g/mol. The van der Waals surface area contributed by atoms with Gasteiger partial charge in [-0.05, 0) is 42.5 Å². The van der Waals surface area contributed by atoms with Gasteiger partial charge in [0.1, 0.15) is 5.82 Å². The molecule has 0 saturated heterocycles. The number of rotatable bonds is 12. The first-order valence-corrected chi connectivity index (χ1v) is 8.93. The summed E-state index contributed by atoms with van der Waals surface area (Å²) in [5.74, 6) is 0.0500. The summed E-state index contributed by atoms with van der Waals surface area (Å²) in [5, 5.41) is 15.3. The van der Waals surface area contributed by atoms with E-state index in [9.17, 15) is 4.79 Å². The topological polar surface area (TPSA) is 83.5 Å². The first kappa shape index (κ1) is 19.7. The molecule has 3 N–H and O–H groups in total. The Morgan fingerprint density at radius 3 is 2.81 bits per heavy atom. The second-order valence-corrected chi connectivity index (χ2v) is 6.04. The van der Waals surface area contributed by atoms with E-state index in [0.29, 0.717) is 6.61 Å². The maximum atomic E-state index is 10.8. The molecule has 0 aliphatic rings. The third-order valence-electron chi connectivity index (χ3n) is 3.96. The van der Waals surface area contributed by atoms with Crippen LogP contribution in [0.1, 0.15) is 24.0 Å². The number of carboxylic acid groups (broad SMARTS) is 1. The summed E-state index contributed by atoms with van der Waals surface area (Å²) in [5.41, 5.74) is 2.95. The molecule has 6 nitrogen and oxygen atoms in total. The Balaban J connectivity index is 1.56. The molecule has 0 saturated carbocycles. The first-order valence-electron chi connectivity index (χ1n) is 8.93. The lowest BCUT2D eigenvalue weighted by molar-refractivity contribution is -0.136. The SMILES string of the molecule is CNc1ncccc1NCCCCOCCc1cccc(CC(=O)O)c1. The van der Waals surface area contributed by atoms with Crippen LogP contribution in [0.25, 0.3) is 0 Å². The fourth-order valence-electron chi connectivity index (χ4n) is 2.66. The zero-order valence-corrected chi connectivity index (χ0v) is 15.2. The Labute approximate surface area is 154 Å². The van der Waals surface area contributed by atoms with Gasteiger partial charge >= 0.3 is 5.97 Å². The standard InChI is InChI=1S/C20H27N3O3/c1-21-20-18(8-5-11-23-20)22-10-2-3-12-26-13-9-16-6-4-7-17(14-16)15-19(24)25/h4-8,11,14,22H,2-3,9-10,12-13,15H2,1H3,(H,21,23)(H,24,25). The number of hydrogen-bond acceptors (Lipinski definition) is 5. The van der Waals surface area contributed by atoms with E-state index in [-0.39, 0.29) is 6.42 Å². The molecule has 6 heteroatoms. The molecule has 1 aromatic heterocycles. The van der Waals surface area contributed by atoms with Crippen LogP contribution in [-0.2, 0) is 22.4 Å². The Bertz CT molecular complexity index is 692. The molecule has 0 unspecified atom stereocenters. The van der Waals surface area contributed by atoms with Gasteiger partial charge in [-0.15, -0.1) is 0 Å². The van der Waals surface area contributed by atoms with Crippen molar-refractivity contribution in [1.29, 1.82) is 0 Å². The summed E-state index contributed by atoms with van der Waals surface area (Å²) in [6, 6.07) is 11.6. The summed E-state index contributed by atoms with van der Waals surface area (Å²) in [6.07, 6.45) is 4.64. The van der Waals surface area contributed by atoms with Crippen LogP contribution in [0, 0.1) is 0 Å². The van der Waals surface area contributed by atoms with Crippen LogP contribution in [0.3, 0.4) is 0 Å². The molecule has 1 aromatic carbocycles. The van der Waals surface area contributed by atoms with Crippen LogP contribution in [-0.4, -0.2) is 42.9 Å². The van der Waals surface area contributed by atoms with Crippen molar-refractivity contribution >= 4 is 17.5 Å². The van der Waals surface area contributed by atoms with Crippen molar-refractivity contribution < 1.29 is 14.6 Å². The first-order chi connectivity index (χ1) is 12.7. The zero-order chi connectivity index (χ0) is 18.6. The number of hydrogen-bond donors (Lipinski definition) is 3. The van der Waals surface area contributed by atoms with E-state index in [0.717, 1.165) is 55.0 Å². The lowest BCUT2D eigenvalue weighted by Crippen LogP contribution is -2.07. The fourth-order valence-corrected chi connectivity index (χ4v) is 2.66. The third-order valence-corrected chi connectivity index (χ3v) is 3.96. The second-order valence-electron chi connectivity index (χ2n) is 6.04. The van der Waals surface area contributed by atoms with Gasteiger partial charge in [-0.25, -0.2) is 4.98 Å². The molecule has 2 aromatic rings. The predicted molar refractivity (Wildman–Crippen MR) is 104 cm³/mol. The molecule has 0 atom stereocenters. The van der Waals surface area contributed by atoms with Crippen molar-refractivity contribution in [2.24, 2.45) is 0 Å². The number of pyridine rings is 1. The maximum Gasteiger partial charge on any atom is 0.307 e. The number of anilines is 2. The number of carbonyl (C=O) groups is 1. The highest BCUT2D eigenvalue weighted by molar-refractivity contribution is 5.70. The molecule has 0 spiro atoms. The van der Waals surface area contributed by atoms with Gasteiger partial charge in [0.25, 0.3) is 0 Å². The van der Waals surface area contributed by atoms with Crippen molar-refractivity contribution in [2.45, 2.75) is 25.7 Å². The molecular weight excluding hydrogens is 330 g/mol. The molecule has 0 amide bonds. The van der Waals surface area contributed by atoms with Gasteiger partial charge in [0, 0.05) is 26.4 Å². The largest absolute Gasteiger partial charge is 0.481 e. The summed E-state index contributed by atoms with van der Waals surface area (Å²) in [7, 11) is 1.86. The number of unbranched alkanes of at least 4 members (excludes halogenated alkanes) is 1. The van der Waals surface area contributed by atoms with Crippen LogP contribution in [0.15, 0.2) is 42.6 Å². The number of aromatic nitrogens is 1. The molecular formula is C20H27N3O3. The molecule has 0 radical (unpaired) electrons. The molecule has 0 aliphatic heterocycles. The van der Waals surface area contributed by atoms with Gasteiger partial charge in [-0.3, -0.25) is 4.79 Å². The van der Waals surface area contributed by atoms with Crippen LogP contribution < -0.4 is 10.6 Å². The number of ether oxygens (including phenoxy) is 1. The lowest BCUT2D eigenvalue weighted by Gasteiger charge is -2.10. The maximum absolute atomic E-state index is 10.8.